The zero-order valence-electron chi connectivity index (χ0n) is 10.6. The summed E-state index contributed by atoms with van der Waals surface area (Å²) in [5.74, 6) is 0.295. The van der Waals surface area contributed by atoms with Crippen molar-refractivity contribution in [2.45, 2.75) is 26.7 Å². The molecule has 0 bridgehead atoms. The van der Waals surface area contributed by atoms with E-state index >= 15 is 0 Å². The van der Waals surface area contributed by atoms with Crippen LogP contribution >= 0.6 is 0 Å². The maximum atomic E-state index is 8.86. The van der Waals surface area contributed by atoms with Gasteiger partial charge in [0.25, 0.3) is 0 Å². The molecule has 1 atom stereocenters. The number of nitrogens with one attached hydrogen (secondary N) is 1. The zero-order valence-corrected chi connectivity index (χ0v) is 10.6. The van der Waals surface area contributed by atoms with E-state index in [1.807, 2.05) is 24.3 Å². The molecule has 0 aromatic heterocycles. The van der Waals surface area contributed by atoms with Crippen molar-refractivity contribution in [3.63, 3.8) is 0 Å². The summed E-state index contributed by atoms with van der Waals surface area (Å²) in [5, 5.41) is 19.9. The average Bonchev–Trinajstić information content (AvgIpc) is 2.68. The highest BCUT2D eigenvalue weighted by molar-refractivity contribution is 6.12. The van der Waals surface area contributed by atoms with Gasteiger partial charge in [0, 0.05) is 23.4 Å². The third-order valence-electron chi connectivity index (χ3n) is 3.25. The second kappa shape index (κ2) is 5.12. The van der Waals surface area contributed by atoms with Crippen LogP contribution in [0.4, 0.5) is 5.69 Å². The number of oxime groups is 1. The summed E-state index contributed by atoms with van der Waals surface area (Å²) < 4.78 is 0. The Labute approximate surface area is 107 Å². The molecule has 1 aromatic carbocycles. The topological polar surface area (TPSA) is 68.8 Å². The molecule has 1 aliphatic carbocycles. The summed E-state index contributed by atoms with van der Waals surface area (Å²) in [6.07, 6.45) is 1.51. The lowest BCUT2D eigenvalue weighted by molar-refractivity contribution is 0.319. The molecule has 0 radical (unpaired) electrons. The highest BCUT2D eigenvalue weighted by Gasteiger charge is 2.22. The fraction of sp³-hybridized carbons (Fsp3) is 0.357. The number of aliphatic imine (C=N–C) groups is 1. The van der Waals surface area contributed by atoms with Crippen molar-refractivity contribution in [3.05, 3.63) is 29.8 Å². The normalized spacial score (nSPS) is 22.8. The van der Waals surface area contributed by atoms with Gasteiger partial charge in [-0.2, -0.15) is 0 Å². The molecular formula is C14H17N3O. The van der Waals surface area contributed by atoms with Crippen molar-refractivity contribution in [3.8, 4) is 0 Å². The fourth-order valence-electron chi connectivity index (χ4n) is 2.13. The molecule has 1 aliphatic rings. The minimum absolute atomic E-state index is 0.295. The number of para-hydroxylation sites is 1. The van der Waals surface area contributed by atoms with Gasteiger partial charge in [-0.3, -0.25) is 4.99 Å². The standard InChI is InChI=1S/C14H17N3O/c1-9-7-11(8-13(9)15)16-14-6-4-3-5-12(14)10(2)17-18/h3-6,9,15,18H,7-8H2,1-2H3/b15-13?,16-11?,17-10-. The van der Waals surface area contributed by atoms with Crippen LogP contribution in [0.2, 0.25) is 0 Å². The van der Waals surface area contributed by atoms with Gasteiger partial charge in [0.2, 0.25) is 0 Å². The summed E-state index contributed by atoms with van der Waals surface area (Å²) in [7, 11) is 0. The average molecular weight is 243 g/mol. The monoisotopic (exact) mass is 243 g/mol. The van der Waals surface area contributed by atoms with Crippen LogP contribution in [0.15, 0.2) is 34.4 Å². The van der Waals surface area contributed by atoms with E-state index in [4.69, 9.17) is 10.6 Å². The summed E-state index contributed by atoms with van der Waals surface area (Å²) in [5.41, 5.74) is 3.98. The molecule has 0 aliphatic heterocycles. The third kappa shape index (κ3) is 2.47. The van der Waals surface area contributed by atoms with Crippen molar-refractivity contribution in [1.29, 1.82) is 5.41 Å². The number of hydrogen-bond acceptors (Lipinski definition) is 4. The molecule has 0 saturated heterocycles. The summed E-state index contributed by atoms with van der Waals surface area (Å²) in [6.45, 7) is 3.80. The Hall–Kier alpha value is -1.97. The van der Waals surface area contributed by atoms with Crippen molar-refractivity contribution >= 4 is 22.8 Å². The van der Waals surface area contributed by atoms with Gasteiger partial charge in [0.15, 0.2) is 0 Å². The first-order chi connectivity index (χ1) is 8.61. The van der Waals surface area contributed by atoms with E-state index in [9.17, 15) is 0 Å². The van der Waals surface area contributed by atoms with Gasteiger partial charge >= 0.3 is 0 Å². The number of nitrogens with zero attached hydrogens (tertiary/aromatic N) is 2. The van der Waals surface area contributed by atoms with Crippen LogP contribution in [-0.2, 0) is 0 Å². The molecule has 1 aromatic rings. The lowest BCUT2D eigenvalue weighted by atomic mass is 10.1. The second-order valence-electron chi connectivity index (χ2n) is 4.69. The maximum absolute atomic E-state index is 8.86. The number of hydrogen-bond donors (Lipinski definition) is 2. The molecule has 1 unspecified atom stereocenters. The first kappa shape index (κ1) is 12.5. The van der Waals surface area contributed by atoms with Crippen LogP contribution < -0.4 is 0 Å². The lowest BCUT2D eigenvalue weighted by Crippen LogP contribution is -1.97. The van der Waals surface area contributed by atoms with E-state index in [0.717, 1.165) is 29.1 Å². The first-order valence-corrected chi connectivity index (χ1v) is 6.03. The van der Waals surface area contributed by atoms with Gasteiger partial charge < -0.3 is 10.6 Å². The van der Waals surface area contributed by atoms with Gasteiger partial charge in [-0.15, -0.1) is 0 Å². The van der Waals surface area contributed by atoms with Crippen LogP contribution in [0.5, 0.6) is 0 Å². The van der Waals surface area contributed by atoms with E-state index in [1.165, 1.54) is 0 Å². The minimum atomic E-state index is 0.295. The van der Waals surface area contributed by atoms with Crippen molar-refractivity contribution in [2.24, 2.45) is 16.1 Å². The zero-order chi connectivity index (χ0) is 13.1. The Kier molecular flexibility index (Phi) is 3.55. The first-order valence-electron chi connectivity index (χ1n) is 6.03. The third-order valence-corrected chi connectivity index (χ3v) is 3.25. The predicted octanol–water partition coefficient (Wildman–Crippen LogP) is 3.41. The maximum Gasteiger partial charge on any atom is 0.0858 e. The van der Waals surface area contributed by atoms with Gasteiger partial charge in [0.1, 0.15) is 0 Å². The Balaban J connectivity index is 2.35. The van der Waals surface area contributed by atoms with E-state index in [0.29, 0.717) is 18.1 Å². The van der Waals surface area contributed by atoms with Crippen LogP contribution in [0.25, 0.3) is 0 Å². The highest BCUT2D eigenvalue weighted by Crippen LogP contribution is 2.25. The van der Waals surface area contributed by atoms with Gasteiger partial charge in [-0.1, -0.05) is 30.3 Å². The molecule has 94 valence electrons. The SMILES string of the molecule is C/C(=N/O)c1ccccc1N=C1CC(=N)C(C)C1. The highest BCUT2D eigenvalue weighted by atomic mass is 16.4. The molecule has 18 heavy (non-hydrogen) atoms. The predicted molar refractivity (Wildman–Crippen MR) is 73.7 cm³/mol. The Bertz CT molecular complexity index is 532. The molecule has 4 nitrogen and oxygen atoms in total. The van der Waals surface area contributed by atoms with E-state index in [2.05, 4.69) is 17.1 Å². The molecule has 1 fully saturated rings. The molecule has 0 spiro atoms. The van der Waals surface area contributed by atoms with Crippen LogP contribution in [0.1, 0.15) is 32.3 Å². The van der Waals surface area contributed by atoms with Gasteiger partial charge in [-0.25, -0.2) is 0 Å². The molecule has 0 amide bonds. The molecule has 1 saturated carbocycles. The number of rotatable bonds is 2. The smallest absolute Gasteiger partial charge is 0.0858 e. The van der Waals surface area contributed by atoms with Crippen LogP contribution in [-0.4, -0.2) is 22.3 Å². The quantitative estimate of drug-likeness (QED) is 0.466. The molecule has 0 heterocycles. The molecule has 2 rings (SSSR count). The van der Waals surface area contributed by atoms with Crippen molar-refractivity contribution < 1.29 is 5.21 Å². The van der Waals surface area contributed by atoms with Crippen LogP contribution in [0.3, 0.4) is 0 Å². The van der Waals surface area contributed by atoms with Crippen LogP contribution in [0, 0.1) is 11.3 Å². The lowest BCUT2D eigenvalue weighted by Gasteiger charge is -2.04. The van der Waals surface area contributed by atoms with Crippen molar-refractivity contribution in [1.82, 2.24) is 0 Å². The van der Waals surface area contributed by atoms with E-state index in [1.54, 1.807) is 6.92 Å². The Morgan fingerprint density at radius 1 is 1.39 bits per heavy atom. The summed E-state index contributed by atoms with van der Waals surface area (Å²) >= 11 is 0. The van der Waals surface area contributed by atoms with E-state index in [-0.39, 0.29) is 0 Å². The van der Waals surface area contributed by atoms with Crippen molar-refractivity contribution in [2.75, 3.05) is 0 Å². The minimum Gasteiger partial charge on any atom is -0.411 e. The second-order valence-corrected chi connectivity index (χ2v) is 4.69. The van der Waals surface area contributed by atoms with E-state index < -0.39 is 0 Å². The fourth-order valence-corrected chi connectivity index (χ4v) is 2.13. The summed E-state index contributed by atoms with van der Waals surface area (Å²) in [4.78, 5) is 4.61. The Morgan fingerprint density at radius 2 is 2.11 bits per heavy atom. The summed E-state index contributed by atoms with van der Waals surface area (Å²) in [6, 6.07) is 7.60. The van der Waals surface area contributed by atoms with Gasteiger partial charge in [0.05, 0.1) is 11.4 Å². The molecular weight excluding hydrogens is 226 g/mol. The molecule has 4 heteroatoms. The Morgan fingerprint density at radius 3 is 2.72 bits per heavy atom. The largest absolute Gasteiger partial charge is 0.411 e. The molecule has 2 N–H and O–H groups in total. The number of benzene rings is 1. The van der Waals surface area contributed by atoms with Gasteiger partial charge in [-0.05, 0) is 25.3 Å².